The van der Waals surface area contributed by atoms with Crippen LogP contribution in [0.3, 0.4) is 0 Å². The summed E-state index contributed by atoms with van der Waals surface area (Å²) in [5.74, 6) is 1.31. The molecule has 1 amide bonds. The molecule has 2 aromatic carbocycles. The number of nitrogens with zero attached hydrogens (tertiary/aromatic N) is 3. The van der Waals surface area contributed by atoms with Gasteiger partial charge in [-0.1, -0.05) is 37.1 Å². The minimum Gasteiger partial charge on any atom is -0.497 e. The van der Waals surface area contributed by atoms with E-state index in [9.17, 15) is 4.79 Å². The van der Waals surface area contributed by atoms with Gasteiger partial charge in [-0.15, -0.1) is 0 Å². The normalized spacial score (nSPS) is 14.5. The second-order valence-corrected chi connectivity index (χ2v) is 8.08. The number of aromatic nitrogens is 2. The van der Waals surface area contributed by atoms with E-state index in [4.69, 9.17) is 14.1 Å². The number of hydrogen-bond acceptors (Lipinski definition) is 6. The number of rotatable bonds is 5. The molecule has 32 heavy (non-hydrogen) atoms. The molecular weight excluding hydrogens is 404 g/mol. The molecule has 2 aromatic heterocycles. The van der Waals surface area contributed by atoms with Gasteiger partial charge >= 0.3 is 0 Å². The number of methoxy groups -OCH3 is 1. The van der Waals surface area contributed by atoms with Gasteiger partial charge in [0, 0.05) is 25.0 Å². The lowest BCUT2D eigenvalue weighted by Gasteiger charge is -2.21. The predicted octanol–water partition coefficient (Wildman–Crippen LogP) is 4.70. The third kappa shape index (κ3) is 3.98. The van der Waals surface area contributed by atoms with Crippen LogP contribution in [0.25, 0.3) is 22.1 Å². The lowest BCUT2D eigenvalue weighted by molar-refractivity contribution is 0.0941. The first-order valence-corrected chi connectivity index (χ1v) is 11.1. The van der Waals surface area contributed by atoms with Crippen molar-refractivity contribution < 1.29 is 13.9 Å². The fourth-order valence-corrected chi connectivity index (χ4v) is 4.22. The van der Waals surface area contributed by atoms with Gasteiger partial charge in [0.25, 0.3) is 5.91 Å². The SMILES string of the molecule is COc1cccc(CNC(=O)c2nc(N3CCCCCC3)c3oc4ccccc4c3n2)c1. The molecule has 1 saturated heterocycles. The first kappa shape index (κ1) is 20.3. The maximum Gasteiger partial charge on any atom is 0.289 e. The van der Waals surface area contributed by atoms with Crippen LogP contribution in [-0.2, 0) is 6.54 Å². The number of ether oxygens (including phenoxy) is 1. The summed E-state index contributed by atoms with van der Waals surface area (Å²) in [7, 11) is 1.63. The van der Waals surface area contributed by atoms with Crippen molar-refractivity contribution in [2.75, 3.05) is 25.1 Å². The summed E-state index contributed by atoms with van der Waals surface area (Å²) in [6.07, 6.45) is 4.61. The van der Waals surface area contributed by atoms with Gasteiger partial charge < -0.3 is 19.4 Å². The molecule has 0 saturated carbocycles. The van der Waals surface area contributed by atoms with Crippen LogP contribution in [0.5, 0.6) is 5.75 Å². The molecule has 1 N–H and O–H groups in total. The molecule has 1 aliphatic heterocycles. The monoisotopic (exact) mass is 430 g/mol. The van der Waals surface area contributed by atoms with Crippen molar-refractivity contribution in [2.24, 2.45) is 0 Å². The first-order valence-electron chi connectivity index (χ1n) is 11.1. The summed E-state index contributed by atoms with van der Waals surface area (Å²) in [4.78, 5) is 24.6. The number of para-hydroxylation sites is 1. The molecule has 0 aliphatic carbocycles. The van der Waals surface area contributed by atoms with Crippen molar-refractivity contribution in [1.82, 2.24) is 15.3 Å². The molecule has 5 rings (SSSR count). The molecule has 7 heteroatoms. The second kappa shape index (κ2) is 8.86. The number of benzene rings is 2. The summed E-state index contributed by atoms with van der Waals surface area (Å²) in [5.41, 5.74) is 3.03. The van der Waals surface area contributed by atoms with Gasteiger partial charge in [-0.25, -0.2) is 9.97 Å². The third-order valence-corrected chi connectivity index (χ3v) is 5.90. The fraction of sp³-hybridized carbons (Fsp3) is 0.320. The number of fused-ring (bicyclic) bond motifs is 3. The Labute approximate surface area is 186 Å². The van der Waals surface area contributed by atoms with Crippen LogP contribution in [-0.4, -0.2) is 36.1 Å². The predicted molar refractivity (Wildman–Crippen MR) is 124 cm³/mol. The lowest BCUT2D eigenvalue weighted by atomic mass is 10.2. The number of carbonyl (C=O) groups excluding carboxylic acids is 1. The minimum atomic E-state index is -0.309. The molecule has 0 radical (unpaired) electrons. The van der Waals surface area contributed by atoms with E-state index in [0.717, 1.165) is 48.2 Å². The molecular formula is C25H26N4O3. The van der Waals surface area contributed by atoms with Crippen LogP contribution in [0.15, 0.2) is 52.9 Å². The number of nitrogens with one attached hydrogen (secondary N) is 1. The van der Waals surface area contributed by atoms with Gasteiger partial charge in [0.05, 0.1) is 7.11 Å². The average molecular weight is 431 g/mol. The maximum atomic E-state index is 13.1. The molecule has 7 nitrogen and oxygen atoms in total. The number of furan rings is 1. The number of carbonyl (C=O) groups is 1. The Kier molecular flexibility index (Phi) is 5.62. The quantitative estimate of drug-likeness (QED) is 0.495. The van der Waals surface area contributed by atoms with Gasteiger partial charge in [0.1, 0.15) is 16.8 Å². The number of hydrogen-bond donors (Lipinski definition) is 1. The van der Waals surface area contributed by atoms with Gasteiger partial charge in [0.15, 0.2) is 11.4 Å². The maximum absolute atomic E-state index is 13.1. The Bertz CT molecular complexity index is 1260. The average Bonchev–Trinajstić information content (AvgIpc) is 3.00. The van der Waals surface area contributed by atoms with Crippen LogP contribution < -0.4 is 15.0 Å². The summed E-state index contributed by atoms with van der Waals surface area (Å²) in [6.45, 7) is 2.16. The van der Waals surface area contributed by atoms with Crippen molar-refractivity contribution in [3.63, 3.8) is 0 Å². The van der Waals surface area contributed by atoms with Gasteiger partial charge in [-0.2, -0.15) is 0 Å². The summed E-state index contributed by atoms with van der Waals surface area (Å²) in [5, 5.41) is 3.84. The molecule has 1 fully saturated rings. The third-order valence-electron chi connectivity index (χ3n) is 5.90. The van der Waals surface area contributed by atoms with E-state index >= 15 is 0 Å². The largest absolute Gasteiger partial charge is 0.497 e. The summed E-state index contributed by atoms with van der Waals surface area (Å²) < 4.78 is 11.4. The van der Waals surface area contributed by atoms with Crippen LogP contribution in [0.2, 0.25) is 0 Å². The molecule has 164 valence electrons. The van der Waals surface area contributed by atoms with Crippen LogP contribution >= 0.6 is 0 Å². The van der Waals surface area contributed by atoms with Crippen LogP contribution in [0, 0.1) is 0 Å². The Hall–Kier alpha value is -3.61. The molecule has 0 bridgehead atoms. The Morgan fingerprint density at radius 1 is 1.06 bits per heavy atom. The van der Waals surface area contributed by atoms with Gasteiger partial charge in [-0.05, 0) is 42.7 Å². The van der Waals surface area contributed by atoms with Crippen LogP contribution in [0.4, 0.5) is 5.82 Å². The highest BCUT2D eigenvalue weighted by atomic mass is 16.5. The molecule has 1 aliphatic rings. The highest BCUT2D eigenvalue weighted by molar-refractivity contribution is 6.07. The van der Waals surface area contributed by atoms with Crippen molar-refractivity contribution >= 4 is 33.8 Å². The molecule has 0 spiro atoms. The molecule has 4 aromatic rings. The molecule has 3 heterocycles. The number of anilines is 1. The highest BCUT2D eigenvalue weighted by Crippen LogP contribution is 2.33. The van der Waals surface area contributed by atoms with Crippen molar-refractivity contribution in [3.8, 4) is 5.75 Å². The zero-order chi connectivity index (χ0) is 21.9. The zero-order valence-corrected chi connectivity index (χ0v) is 18.1. The Morgan fingerprint density at radius 2 is 1.88 bits per heavy atom. The van der Waals surface area contributed by atoms with Crippen molar-refractivity contribution in [2.45, 2.75) is 32.2 Å². The van der Waals surface area contributed by atoms with E-state index < -0.39 is 0 Å². The Balaban J connectivity index is 1.51. The van der Waals surface area contributed by atoms with E-state index in [1.807, 2.05) is 48.5 Å². The minimum absolute atomic E-state index is 0.159. The fourth-order valence-electron chi connectivity index (χ4n) is 4.22. The second-order valence-electron chi connectivity index (χ2n) is 8.08. The number of amides is 1. The van der Waals surface area contributed by atoms with Crippen molar-refractivity contribution in [3.05, 3.63) is 59.9 Å². The summed E-state index contributed by atoms with van der Waals surface area (Å²) in [6, 6.07) is 15.4. The van der Waals surface area contributed by atoms with Gasteiger partial charge in [-0.3, -0.25) is 4.79 Å². The van der Waals surface area contributed by atoms with E-state index in [2.05, 4.69) is 15.2 Å². The van der Waals surface area contributed by atoms with E-state index in [0.29, 0.717) is 23.5 Å². The molecule has 0 unspecified atom stereocenters. The first-order chi connectivity index (χ1) is 15.7. The highest BCUT2D eigenvalue weighted by Gasteiger charge is 2.23. The van der Waals surface area contributed by atoms with E-state index in [1.165, 1.54) is 12.8 Å². The Morgan fingerprint density at radius 3 is 2.69 bits per heavy atom. The topological polar surface area (TPSA) is 80.5 Å². The van der Waals surface area contributed by atoms with E-state index in [-0.39, 0.29) is 11.7 Å². The van der Waals surface area contributed by atoms with E-state index in [1.54, 1.807) is 7.11 Å². The van der Waals surface area contributed by atoms with Crippen LogP contribution in [0.1, 0.15) is 41.9 Å². The zero-order valence-electron chi connectivity index (χ0n) is 18.1. The van der Waals surface area contributed by atoms with Crippen molar-refractivity contribution in [1.29, 1.82) is 0 Å². The van der Waals surface area contributed by atoms with Gasteiger partial charge in [0.2, 0.25) is 5.82 Å². The smallest absolute Gasteiger partial charge is 0.289 e. The summed E-state index contributed by atoms with van der Waals surface area (Å²) >= 11 is 0. The lowest BCUT2D eigenvalue weighted by Crippen LogP contribution is -2.29. The molecule has 0 atom stereocenters. The standard InChI is InChI=1S/C25H26N4O3/c1-31-18-10-8-9-17(15-18)16-26-25(30)23-27-21-19-11-4-5-12-20(19)32-22(21)24(28-23)29-13-6-2-3-7-14-29/h4-5,8-12,15H,2-3,6-7,13-14,16H2,1H3,(H,26,30).